The smallest absolute Gasteiger partial charge is 0.250 e. The summed E-state index contributed by atoms with van der Waals surface area (Å²) >= 11 is 4.44. The van der Waals surface area contributed by atoms with Crippen LogP contribution in [0.1, 0.15) is 5.56 Å². The van der Waals surface area contributed by atoms with Crippen molar-refractivity contribution in [2.45, 2.75) is 10.6 Å². The summed E-state index contributed by atoms with van der Waals surface area (Å²) < 4.78 is 38.5. The predicted molar refractivity (Wildman–Crippen MR) is 90.5 cm³/mol. The maximum atomic E-state index is 12.1. The predicted octanol–water partition coefficient (Wildman–Crippen LogP) is 3.05. The van der Waals surface area contributed by atoms with Gasteiger partial charge in [0.1, 0.15) is 4.21 Å². The molecule has 1 aromatic carbocycles. The fourth-order valence-corrected chi connectivity index (χ4v) is 5.07. The number of methoxy groups -OCH3 is 2. The minimum atomic E-state index is -3.48. The lowest BCUT2D eigenvalue weighted by molar-refractivity contribution is 0.351. The van der Waals surface area contributed by atoms with E-state index in [9.17, 15) is 8.42 Å². The molecule has 0 saturated carbocycles. The van der Waals surface area contributed by atoms with E-state index < -0.39 is 10.0 Å². The number of sulfonamides is 1. The van der Waals surface area contributed by atoms with Gasteiger partial charge in [0.2, 0.25) is 10.0 Å². The van der Waals surface area contributed by atoms with Gasteiger partial charge in [-0.05, 0) is 46.1 Å². The molecule has 2 rings (SSSR count). The topological polar surface area (TPSA) is 64.6 Å². The van der Waals surface area contributed by atoms with Crippen LogP contribution in [0.5, 0.6) is 11.5 Å². The minimum absolute atomic E-state index is 0.279. The lowest BCUT2D eigenvalue weighted by atomic mass is 10.1. The van der Waals surface area contributed by atoms with Gasteiger partial charge in [-0.2, -0.15) is 0 Å². The second-order valence-electron chi connectivity index (χ2n) is 4.36. The second-order valence-corrected chi connectivity index (χ2v) is 8.82. The molecule has 0 saturated heterocycles. The van der Waals surface area contributed by atoms with E-state index in [4.69, 9.17) is 9.47 Å². The number of hydrogen-bond acceptors (Lipinski definition) is 5. The van der Waals surface area contributed by atoms with Crippen molar-refractivity contribution in [1.82, 2.24) is 4.72 Å². The van der Waals surface area contributed by atoms with E-state index in [-0.39, 0.29) is 10.8 Å². The SMILES string of the molecule is COc1cccc(CCNS(=O)(=O)c2ccc(Br)s2)c1OC. The molecule has 0 aliphatic carbocycles. The highest BCUT2D eigenvalue weighted by atomic mass is 79.9. The highest BCUT2D eigenvalue weighted by Gasteiger charge is 2.16. The van der Waals surface area contributed by atoms with Crippen LogP contribution >= 0.6 is 27.3 Å². The average Bonchev–Trinajstić information content (AvgIpc) is 2.94. The second kappa shape index (κ2) is 7.45. The summed E-state index contributed by atoms with van der Waals surface area (Å²) in [5, 5.41) is 0. The molecule has 120 valence electrons. The van der Waals surface area contributed by atoms with E-state index in [0.29, 0.717) is 17.9 Å². The van der Waals surface area contributed by atoms with Crippen LogP contribution < -0.4 is 14.2 Å². The van der Waals surface area contributed by atoms with Gasteiger partial charge in [0.05, 0.1) is 18.0 Å². The molecule has 0 atom stereocenters. The van der Waals surface area contributed by atoms with E-state index in [1.807, 2.05) is 12.1 Å². The monoisotopic (exact) mass is 405 g/mol. The molecule has 0 radical (unpaired) electrons. The van der Waals surface area contributed by atoms with Crippen LogP contribution in [0, 0.1) is 0 Å². The Balaban J connectivity index is 2.05. The van der Waals surface area contributed by atoms with Gasteiger partial charge in [-0.25, -0.2) is 13.1 Å². The Morgan fingerprint density at radius 3 is 2.55 bits per heavy atom. The van der Waals surface area contributed by atoms with Crippen LogP contribution in [-0.2, 0) is 16.4 Å². The molecule has 0 spiro atoms. The lowest BCUT2D eigenvalue weighted by Gasteiger charge is -2.12. The van der Waals surface area contributed by atoms with Crippen molar-refractivity contribution in [2.75, 3.05) is 20.8 Å². The first kappa shape index (κ1) is 17.3. The third kappa shape index (κ3) is 4.01. The molecular formula is C14H16BrNO4S2. The molecule has 0 amide bonds. The van der Waals surface area contributed by atoms with E-state index in [1.54, 1.807) is 32.4 Å². The first-order chi connectivity index (χ1) is 10.5. The first-order valence-electron chi connectivity index (χ1n) is 6.43. The Morgan fingerprint density at radius 2 is 1.95 bits per heavy atom. The number of halogens is 1. The molecule has 0 aliphatic heterocycles. The summed E-state index contributed by atoms with van der Waals surface area (Å²) in [6.45, 7) is 0.279. The van der Waals surface area contributed by atoms with Crippen molar-refractivity contribution in [3.05, 3.63) is 39.7 Å². The number of ether oxygens (including phenoxy) is 2. The van der Waals surface area contributed by atoms with Gasteiger partial charge < -0.3 is 9.47 Å². The molecular weight excluding hydrogens is 390 g/mol. The van der Waals surface area contributed by atoms with Crippen molar-refractivity contribution in [3.8, 4) is 11.5 Å². The third-order valence-corrected chi connectivity index (χ3v) is 6.56. The van der Waals surface area contributed by atoms with Crippen molar-refractivity contribution in [3.63, 3.8) is 0 Å². The molecule has 0 bridgehead atoms. The largest absolute Gasteiger partial charge is 0.493 e. The van der Waals surface area contributed by atoms with Crippen LogP contribution in [0.15, 0.2) is 38.3 Å². The highest BCUT2D eigenvalue weighted by molar-refractivity contribution is 9.11. The molecule has 2 aromatic rings. The van der Waals surface area contributed by atoms with Crippen LogP contribution in [-0.4, -0.2) is 29.2 Å². The lowest BCUT2D eigenvalue weighted by Crippen LogP contribution is -2.25. The minimum Gasteiger partial charge on any atom is -0.493 e. The van der Waals surface area contributed by atoms with Gasteiger partial charge in [-0.3, -0.25) is 0 Å². The van der Waals surface area contributed by atoms with Crippen LogP contribution in [0.25, 0.3) is 0 Å². The van der Waals surface area contributed by atoms with Crippen LogP contribution in [0.4, 0.5) is 0 Å². The van der Waals surface area contributed by atoms with E-state index in [0.717, 1.165) is 9.35 Å². The number of thiophene rings is 1. The van der Waals surface area contributed by atoms with E-state index in [2.05, 4.69) is 20.7 Å². The first-order valence-corrected chi connectivity index (χ1v) is 9.52. The fourth-order valence-electron chi connectivity index (χ4n) is 1.98. The van der Waals surface area contributed by atoms with E-state index in [1.165, 1.54) is 11.3 Å². The number of para-hydroxylation sites is 1. The van der Waals surface area contributed by atoms with E-state index >= 15 is 0 Å². The van der Waals surface area contributed by atoms with Gasteiger partial charge in [-0.15, -0.1) is 11.3 Å². The van der Waals surface area contributed by atoms with Crippen molar-refractivity contribution >= 4 is 37.3 Å². The molecule has 1 aromatic heterocycles. The van der Waals surface area contributed by atoms with Crippen LogP contribution in [0.3, 0.4) is 0 Å². The summed E-state index contributed by atoms with van der Waals surface area (Å²) in [7, 11) is -0.346. The molecule has 22 heavy (non-hydrogen) atoms. The van der Waals surface area contributed by atoms with Gasteiger partial charge >= 0.3 is 0 Å². The summed E-state index contributed by atoms with van der Waals surface area (Å²) in [6.07, 6.45) is 0.506. The molecule has 1 N–H and O–H groups in total. The average molecular weight is 406 g/mol. The highest BCUT2D eigenvalue weighted by Crippen LogP contribution is 2.31. The Bertz CT molecular complexity index is 743. The van der Waals surface area contributed by atoms with Crippen molar-refractivity contribution in [2.24, 2.45) is 0 Å². The van der Waals surface area contributed by atoms with Crippen molar-refractivity contribution in [1.29, 1.82) is 0 Å². The number of rotatable bonds is 7. The van der Waals surface area contributed by atoms with Gasteiger partial charge in [0.25, 0.3) is 0 Å². The normalized spacial score (nSPS) is 11.4. The summed E-state index contributed by atoms with van der Waals surface area (Å²) in [6, 6.07) is 8.82. The summed E-state index contributed by atoms with van der Waals surface area (Å²) in [4.78, 5) is 0. The van der Waals surface area contributed by atoms with Gasteiger partial charge in [0.15, 0.2) is 11.5 Å². The molecule has 8 heteroatoms. The standard InChI is InChI=1S/C14H16BrNO4S2/c1-19-11-5-3-4-10(14(11)20-2)8-9-16-22(17,18)13-7-6-12(15)21-13/h3-7,16H,8-9H2,1-2H3. The van der Waals surface area contributed by atoms with Gasteiger partial charge in [-0.1, -0.05) is 12.1 Å². The molecule has 0 aliphatic rings. The maximum Gasteiger partial charge on any atom is 0.250 e. The molecule has 0 fully saturated rings. The number of benzene rings is 1. The quantitative estimate of drug-likeness (QED) is 0.768. The molecule has 1 heterocycles. The Kier molecular flexibility index (Phi) is 5.85. The zero-order valence-electron chi connectivity index (χ0n) is 12.1. The maximum absolute atomic E-state index is 12.1. The Morgan fingerprint density at radius 1 is 1.18 bits per heavy atom. The zero-order chi connectivity index (χ0) is 16.2. The van der Waals surface area contributed by atoms with Crippen molar-refractivity contribution < 1.29 is 17.9 Å². The zero-order valence-corrected chi connectivity index (χ0v) is 15.3. The third-order valence-electron chi connectivity index (χ3n) is 2.98. The van der Waals surface area contributed by atoms with Gasteiger partial charge in [0, 0.05) is 6.54 Å². The molecule has 0 unspecified atom stereocenters. The Hall–Kier alpha value is -1.09. The Labute approximate surface area is 142 Å². The molecule has 5 nitrogen and oxygen atoms in total. The summed E-state index contributed by atoms with van der Waals surface area (Å²) in [5.74, 6) is 1.26. The van der Waals surface area contributed by atoms with Crippen LogP contribution in [0.2, 0.25) is 0 Å². The number of hydrogen-bond donors (Lipinski definition) is 1. The number of nitrogens with one attached hydrogen (secondary N) is 1. The fraction of sp³-hybridized carbons (Fsp3) is 0.286. The summed E-state index contributed by atoms with van der Waals surface area (Å²) in [5.41, 5.74) is 0.886.